The van der Waals surface area contributed by atoms with E-state index in [1.807, 2.05) is 13.8 Å². The molecule has 2 rings (SSSR count). The van der Waals surface area contributed by atoms with Gasteiger partial charge in [0.2, 0.25) is 5.91 Å². The molecule has 112 valence electrons. The lowest BCUT2D eigenvalue weighted by atomic mass is 10.3. The van der Waals surface area contributed by atoms with E-state index in [1.54, 1.807) is 18.2 Å². The van der Waals surface area contributed by atoms with Crippen LogP contribution in [-0.2, 0) is 4.79 Å². The Kier molecular flexibility index (Phi) is 5.08. The number of carbonyl (C=O) groups is 2. The Morgan fingerprint density at radius 1 is 1.43 bits per heavy atom. The second-order valence-corrected chi connectivity index (χ2v) is 6.07. The number of H-pyrrole nitrogens is 1. The van der Waals surface area contributed by atoms with Crippen molar-refractivity contribution < 1.29 is 9.59 Å². The molecule has 8 heteroatoms. The summed E-state index contributed by atoms with van der Waals surface area (Å²) in [4.78, 5) is 30.4. The maximum absolute atomic E-state index is 11.6. The zero-order valence-corrected chi connectivity index (χ0v) is 13.1. The second-order valence-electron chi connectivity index (χ2n) is 4.67. The molecule has 21 heavy (non-hydrogen) atoms. The van der Waals surface area contributed by atoms with Gasteiger partial charge < -0.3 is 10.3 Å². The molecule has 0 aliphatic rings. The molecule has 0 fully saturated rings. The number of nitrogens with zero attached hydrogens (tertiary/aromatic N) is 1. The van der Waals surface area contributed by atoms with E-state index in [0.717, 1.165) is 11.0 Å². The minimum Gasteiger partial charge on any atom is -0.336 e. The summed E-state index contributed by atoms with van der Waals surface area (Å²) in [6.45, 7) is 3.64. The van der Waals surface area contributed by atoms with Gasteiger partial charge in [-0.05, 0) is 32.0 Å². The van der Waals surface area contributed by atoms with Gasteiger partial charge in [-0.2, -0.15) is 0 Å². The van der Waals surface area contributed by atoms with Gasteiger partial charge in [-0.15, -0.1) is 0 Å². The van der Waals surface area contributed by atoms with Crippen molar-refractivity contribution in [3.05, 3.63) is 23.2 Å². The number of benzene rings is 1. The van der Waals surface area contributed by atoms with Crippen LogP contribution in [0.5, 0.6) is 0 Å². The third-order valence-corrected chi connectivity index (χ3v) is 3.54. The standard InChI is InChI=1S/C13H15ClN4O2S/c1-7(2)15-12(20)18-11(19)6-21-13-16-9-4-3-8(14)5-10(9)17-13/h3-5,7H,6H2,1-2H3,(H,16,17)(H2,15,18,19,20). The van der Waals surface area contributed by atoms with Crippen LogP contribution in [0.2, 0.25) is 5.02 Å². The number of carbonyl (C=O) groups excluding carboxylic acids is 2. The number of fused-ring (bicyclic) bond motifs is 1. The summed E-state index contributed by atoms with van der Waals surface area (Å²) in [5.74, 6) is -0.282. The number of thioether (sulfide) groups is 1. The van der Waals surface area contributed by atoms with E-state index >= 15 is 0 Å². The van der Waals surface area contributed by atoms with Gasteiger partial charge >= 0.3 is 6.03 Å². The smallest absolute Gasteiger partial charge is 0.321 e. The molecule has 3 amide bonds. The molecule has 2 aromatic rings. The quantitative estimate of drug-likeness (QED) is 0.753. The normalized spacial score (nSPS) is 10.9. The monoisotopic (exact) mass is 326 g/mol. The van der Waals surface area contributed by atoms with Crippen molar-refractivity contribution in [1.29, 1.82) is 0 Å². The zero-order chi connectivity index (χ0) is 15.4. The van der Waals surface area contributed by atoms with Crippen LogP contribution in [0.15, 0.2) is 23.4 Å². The van der Waals surface area contributed by atoms with E-state index in [9.17, 15) is 9.59 Å². The molecule has 0 atom stereocenters. The number of hydrogen-bond acceptors (Lipinski definition) is 4. The van der Waals surface area contributed by atoms with Gasteiger partial charge in [0.15, 0.2) is 5.16 Å². The summed E-state index contributed by atoms with van der Waals surface area (Å²) in [5.41, 5.74) is 1.59. The molecule has 3 N–H and O–H groups in total. The number of aromatic nitrogens is 2. The third kappa shape index (κ3) is 4.64. The predicted molar refractivity (Wildman–Crippen MR) is 83.6 cm³/mol. The molecule has 6 nitrogen and oxygen atoms in total. The van der Waals surface area contributed by atoms with Crippen molar-refractivity contribution in [3.63, 3.8) is 0 Å². The molecule has 0 saturated heterocycles. The maximum atomic E-state index is 11.6. The highest BCUT2D eigenvalue weighted by Gasteiger charge is 2.11. The Bertz CT molecular complexity index is 671. The number of imide groups is 1. The number of imidazole rings is 1. The number of urea groups is 1. The fourth-order valence-electron chi connectivity index (χ4n) is 1.62. The van der Waals surface area contributed by atoms with Crippen LogP contribution in [0.3, 0.4) is 0 Å². The summed E-state index contributed by atoms with van der Waals surface area (Å²) >= 11 is 7.11. The van der Waals surface area contributed by atoms with Gasteiger partial charge in [0.25, 0.3) is 0 Å². The van der Waals surface area contributed by atoms with Crippen LogP contribution >= 0.6 is 23.4 Å². The van der Waals surface area contributed by atoms with Gasteiger partial charge in [-0.25, -0.2) is 9.78 Å². The summed E-state index contributed by atoms with van der Waals surface area (Å²) in [5, 5.41) is 6.05. The molecule has 1 aromatic heterocycles. The van der Waals surface area contributed by atoms with Crippen molar-refractivity contribution >= 4 is 46.3 Å². The topological polar surface area (TPSA) is 86.9 Å². The first-order valence-corrected chi connectivity index (χ1v) is 7.69. The number of hydrogen-bond donors (Lipinski definition) is 3. The second kappa shape index (κ2) is 6.82. The molecule has 0 aliphatic heterocycles. The van der Waals surface area contributed by atoms with Gasteiger partial charge in [-0.1, -0.05) is 23.4 Å². The van der Waals surface area contributed by atoms with Crippen molar-refractivity contribution in [2.45, 2.75) is 25.0 Å². The number of nitrogens with one attached hydrogen (secondary N) is 3. The molecule has 0 saturated carbocycles. The van der Waals surface area contributed by atoms with E-state index in [-0.39, 0.29) is 17.7 Å². The van der Waals surface area contributed by atoms with Crippen molar-refractivity contribution in [3.8, 4) is 0 Å². The highest BCUT2D eigenvalue weighted by atomic mass is 35.5. The van der Waals surface area contributed by atoms with Gasteiger partial charge in [0.05, 0.1) is 16.8 Å². The Morgan fingerprint density at radius 2 is 2.19 bits per heavy atom. The first kappa shape index (κ1) is 15.7. The average Bonchev–Trinajstić information content (AvgIpc) is 2.77. The number of halogens is 1. The Morgan fingerprint density at radius 3 is 2.90 bits per heavy atom. The lowest BCUT2D eigenvalue weighted by molar-refractivity contribution is -0.117. The molecular formula is C13H15ClN4O2S. The van der Waals surface area contributed by atoms with Crippen LogP contribution in [0.1, 0.15) is 13.8 Å². The first-order valence-electron chi connectivity index (χ1n) is 6.32. The van der Waals surface area contributed by atoms with Crippen LogP contribution in [0.25, 0.3) is 11.0 Å². The van der Waals surface area contributed by atoms with Gasteiger partial charge in [-0.3, -0.25) is 10.1 Å². The number of aromatic amines is 1. The van der Waals surface area contributed by atoms with Crippen LogP contribution in [0, 0.1) is 0 Å². The van der Waals surface area contributed by atoms with Crippen molar-refractivity contribution in [2.75, 3.05) is 5.75 Å². The van der Waals surface area contributed by atoms with Gasteiger partial charge in [0, 0.05) is 11.1 Å². The predicted octanol–water partition coefficient (Wildman–Crippen LogP) is 2.54. The molecule has 0 aliphatic carbocycles. The fraction of sp³-hybridized carbons (Fsp3) is 0.308. The molecule has 0 bridgehead atoms. The molecule has 0 radical (unpaired) electrons. The third-order valence-electron chi connectivity index (χ3n) is 2.43. The molecule has 1 aromatic carbocycles. The first-order chi connectivity index (χ1) is 9.94. The lowest BCUT2D eigenvalue weighted by Gasteiger charge is -2.08. The maximum Gasteiger partial charge on any atom is 0.321 e. The van der Waals surface area contributed by atoms with E-state index in [2.05, 4.69) is 20.6 Å². The van der Waals surface area contributed by atoms with E-state index < -0.39 is 6.03 Å². The van der Waals surface area contributed by atoms with Gasteiger partial charge in [0.1, 0.15) is 0 Å². The van der Waals surface area contributed by atoms with E-state index in [4.69, 9.17) is 11.6 Å². The van der Waals surface area contributed by atoms with Crippen LogP contribution < -0.4 is 10.6 Å². The Balaban J connectivity index is 1.89. The molecule has 0 spiro atoms. The summed E-state index contributed by atoms with van der Waals surface area (Å²) in [7, 11) is 0. The molecule has 0 unspecified atom stereocenters. The highest BCUT2D eigenvalue weighted by Crippen LogP contribution is 2.21. The highest BCUT2D eigenvalue weighted by molar-refractivity contribution is 7.99. The van der Waals surface area contributed by atoms with Crippen LogP contribution in [-0.4, -0.2) is 33.7 Å². The number of rotatable bonds is 4. The SMILES string of the molecule is CC(C)NC(=O)NC(=O)CSc1nc2ccc(Cl)cc2[nH]1. The van der Waals surface area contributed by atoms with E-state index in [0.29, 0.717) is 10.2 Å². The minimum absolute atomic E-state index is 0.0226. The summed E-state index contributed by atoms with van der Waals surface area (Å²) in [6, 6.07) is 4.80. The Hall–Kier alpha value is -1.73. The minimum atomic E-state index is -0.494. The lowest BCUT2D eigenvalue weighted by Crippen LogP contribution is -2.43. The average molecular weight is 327 g/mol. The molecular weight excluding hydrogens is 312 g/mol. The largest absolute Gasteiger partial charge is 0.336 e. The van der Waals surface area contributed by atoms with Crippen LogP contribution in [0.4, 0.5) is 4.79 Å². The van der Waals surface area contributed by atoms with Crippen molar-refractivity contribution in [2.24, 2.45) is 0 Å². The summed E-state index contributed by atoms with van der Waals surface area (Å²) in [6.07, 6.45) is 0. The van der Waals surface area contributed by atoms with E-state index in [1.165, 1.54) is 11.8 Å². The Labute approximate surface area is 131 Å². The fourth-order valence-corrected chi connectivity index (χ4v) is 2.48. The molecule has 1 heterocycles. The summed E-state index contributed by atoms with van der Waals surface area (Å²) < 4.78 is 0. The number of amides is 3. The van der Waals surface area contributed by atoms with Crippen molar-refractivity contribution in [1.82, 2.24) is 20.6 Å². The zero-order valence-electron chi connectivity index (χ0n) is 11.6.